The maximum Gasteiger partial charge on any atom is 0.244 e. The molecule has 0 atom stereocenters. The molecule has 3 rings (SSSR count). The van der Waals surface area contributed by atoms with Gasteiger partial charge in [-0.3, -0.25) is 4.79 Å². The maximum atomic E-state index is 12.0. The quantitative estimate of drug-likeness (QED) is 0.491. The van der Waals surface area contributed by atoms with Crippen LogP contribution < -0.4 is 14.8 Å². The number of aryl methyl sites for hydroxylation is 1. The number of carbonyl (C=O) groups excluding carboxylic acids is 1. The first-order valence-corrected chi connectivity index (χ1v) is 8.79. The molecule has 0 aliphatic heterocycles. The number of aromatic nitrogens is 2. The molecule has 0 unspecified atom stereocenters. The Kier molecular flexibility index (Phi) is 6.10. The number of pyridine rings is 1. The molecule has 27 heavy (non-hydrogen) atoms. The van der Waals surface area contributed by atoms with E-state index >= 15 is 0 Å². The number of amides is 1. The fourth-order valence-electron chi connectivity index (χ4n) is 2.85. The zero-order valence-corrected chi connectivity index (χ0v) is 15.5. The van der Waals surface area contributed by atoms with Crippen LogP contribution in [0.15, 0.2) is 54.9 Å². The van der Waals surface area contributed by atoms with Gasteiger partial charge in [0, 0.05) is 36.9 Å². The predicted octanol–water partition coefficient (Wildman–Crippen LogP) is 3.27. The number of nitrogens with zero attached hydrogens (tertiary/aromatic N) is 2. The molecule has 1 N–H and O–H groups in total. The molecule has 3 aromatic rings. The van der Waals surface area contributed by atoms with E-state index in [2.05, 4.69) is 14.9 Å². The molecule has 6 nitrogen and oxygen atoms in total. The van der Waals surface area contributed by atoms with Gasteiger partial charge < -0.3 is 19.4 Å². The third-order valence-electron chi connectivity index (χ3n) is 4.23. The third kappa shape index (κ3) is 4.67. The Balaban J connectivity index is 1.47. The van der Waals surface area contributed by atoms with Crippen molar-refractivity contribution in [3.8, 4) is 11.5 Å². The molecular formula is C21H23N3O3. The van der Waals surface area contributed by atoms with Gasteiger partial charge in [-0.05, 0) is 48.4 Å². The largest absolute Gasteiger partial charge is 0.493 e. The van der Waals surface area contributed by atoms with Crippen molar-refractivity contribution in [3.05, 3.63) is 60.4 Å². The van der Waals surface area contributed by atoms with E-state index < -0.39 is 0 Å². The van der Waals surface area contributed by atoms with Crippen LogP contribution in [0.25, 0.3) is 17.1 Å². The minimum atomic E-state index is -0.125. The molecule has 0 aliphatic rings. The van der Waals surface area contributed by atoms with Crippen LogP contribution in [0.5, 0.6) is 11.5 Å². The number of methoxy groups -OCH3 is 2. The molecule has 2 heterocycles. The number of fused-ring (bicyclic) bond motifs is 1. The summed E-state index contributed by atoms with van der Waals surface area (Å²) in [7, 11) is 3.18. The molecule has 0 saturated heterocycles. The van der Waals surface area contributed by atoms with Crippen molar-refractivity contribution in [2.24, 2.45) is 0 Å². The molecular weight excluding hydrogens is 342 g/mol. The Morgan fingerprint density at radius 3 is 2.85 bits per heavy atom. The molecule has 1 amide bonds. The molecule has 140 valence electrons. The van der Waals surface area contributed by atoms with Gasteiger partial charge >= 0.3 is 0 Å². The van der Waals surface area contributed by atoms with Gasteiger partial charge in [0.15, 0.2) is 11.5 Å². The second-order valence-electron chi connectivity index (χ2n) is 6.02. The van der Waals surface area contributed by atoms with E-state index in [0.29, 0.717) is 18.0 Å². The minimum absolute atomic E-state index is 0.125. The standard InChI is InChI=1S/C21H23N3O3/c1-26-18-8-6-16(15-19(18)27-2)7-9-20(25)22-12-4-13-24-14-10-17-5-3-11-23-21(17)24/h3,5-11,14-15H,4,12-13H2,1-2H3,(H,22,25)/b9-7+. The average Bonchev–Trinajstić information content (AvgIpc) is 3.12. The first-order valence-electron chi connectivity index (χ1n) is 8.79. The molecule has 1 aromatic carbocycles. The van der Waals surface area contributed by atoms with E-state index in [0.717, 1.165) is 29.6 Å². The van der Waals surface area contributed by atoms with E-state index in [1.165, 1.54) is 6.08 Å². The summed E-state index contributed by atoms with van der Waals surface area (Å²) in [6, 6.07) is 11.5. The number of benzene rings is 1. The van der Waals surface area contributed by atoms with Crippen LogP contribution in [-0.2, 0) is 11.3 Å². The zero-order chi connectivity index (χ0) is 19.1. The lowest BCUT2D eigenvalue weighted by molar-refractivity contribution is -0.116. The Labute approximate surface area is 158 Å². The Hall–Kier alpha value is -3.28. The van der Waals surface area contributed by atoms with Gasteiger partial charge in [0.2, 0.25) is 5.91 Å². The van der Waals surface area contributed by atoms with Crippen LogP contribution in [-0.4, -0.2) is 36.2 Å². The van der Waals surface area contributed by atoms with Gasteiger partial charge in [-0.1, -0.05) is 6.07 Å². The number of carbonyl (C=O) groups is 1. The monoisotopic (exact) mass is 365 g/mol. The highest BCUT2D eigenvalue weighted by molar-refractivity contribution is 5.91. The van der Waals surface area contributed by atoms with Crippen LogP contribution in [0.2, 0.25) is 0 Å². The topological polar surface area (TPSA) is 65.4 Å². The molecule has 0 fully saturated rings. The van der Waals surface area contributed by atoms with Gasteiger partial charge in [0.1, 0.15) is 5.65 Å². The Morgan fingerprint density at radius 2 is 2.04 bits per heavy atom. The smallest absolute Gasteiger partial charge is 0.244 e. The van der Waals surface area contributed by atoms with Crippen LogP contribution >= 0.6 is 0 Å². The van der Waals surface area contributed by atoms with E-state index in [1.54, 1.807) is 26.5 Å². The first-order chi connectivity index (χ1) is 13.2. The lowest BCUT2D eigenvalue weighted by Gasteiger charge is -2.07. The molecule has 0 radical (unpaired) electrons. The van der Waals surface area contributed by atoms with Crippen molar-refractivity contribution < 1.29 is 14.3 Å². The summed E-state index contributed by atoms with van der Waals surface area (Å²) in [5.74, 6) is 1.17. The maximum absolute atomic E-state index is 12.0. The van der Waals surface area contributed by atoms with Gasteiger partial charge in [-0.15, -0.1) is 0 Å². The number of rotatable bonds is 8. The molecule has 6 heteroatoms. The van der Waals surface area contributed by atoms with E-state index in [4.69, 9.17) is 9.47 Å². The summed E-state index contributed by atoms with van der Waals surface area (Å²) >= 11 is 0. The second kappa shape index (κ2) is 8.89. The summed E-state index contributed by atoms with van der Waals surface area (Å²) < 4.78 is 12.6. The van der Waals surface area contributed by atoms with Gasteiger partial charge in [0.25, 0.3) is 0 Å². The van der Waals surface area contributed by atoms with Gasteiger partial charge in [0.05, 0.1) is 14.2 Å². The highest BCUT2D eigenvalue weighted by Crippen LogP contribution is 2.27. The number of hydrogen-bond acceptors (Lipinski definition) is 4. The van der Waals surface area contributed by atoms with Crippen LogP contribution in [0.4, 0.5) is 0 Å². The van der Waals surface area contributed by atoms with Gasteiger partial charge in [-0.2, -0.15) is 0 Å². The molecule has 0 aliphatic carbocycles. The van der Waals surface area contributed by atoms with Crippen molar-refractivity contribution in [2.75, 3.05) is 20.8 Å². The van der Waals surface area contributed by atoms with Crippen molar-refractivity contribution in [1.29, 1.82) is 0 Å². The predicted molar refractivity (Wildman–Crippen MR) is 106 cm³/mol. The van der Waals surface area contributed by atoms with Crippen LogP contribution in [0, 0.1) is 0 Å². The van der Waals surface area contributed by atoms with Crippen molar-refractivity contribution in [2.45, 2.75) is 13.0 Å². The minimum Gasteiger partial charge on any atom is -0.493 e. The Bertz CT molecular complexity index is 947. The van der Waals surface area contributed by atoms with Crippen molar-refractivity contribution in [3.63, 3.8) is 0 Å². The highest BCUT2D eigenvalue weighted by Gasteiger charge is 2.04. The summed E-state index contributed by atoms with van der Waals surface area (Å²) in [6.45, 7) is 1.40. The summed E-state index contributed by atoms with van der Waals surface area (Å²) in [4.78, 5) is 16.4. The summed E-state index contributed by atoms with van der Waals surface area (Å²) in [5, 5.41) is 4.02. The summed E-state index contributed by atoms with van der Waals surface area (Å²) in [6.07, 6.45) is 7.92. The van der Waals surface area contributed by atoms with E-state index in [-0.39, 0.29) is 5.91 Å². The van der Waals surface area contributed by atoms with Crippen molar-refractivity contribution in [1.82, 2.24) is 14.9 Å². The normalized spacial score (nSPS) is 11.0. The lowest BCUT2D eigenvalue weighted by atomic mass is 10.2. The lowest BCUT2D eigenvalue weighted by Crippen LogP contribution is -2.23. The average molecular weight is 365 g/mol. The van der Waals surface area contributed by atoms with Gasteiger partial charge in [-0.25, -0.2) is 4.98 Å². The second-order valence-corrected chi connectivity index (χ2v) is 6.02. The first kappa shape index (κ1) is 18.5. The molecule has 0 saturated carbocycles. The fraction of sp³-hybridized carbons (Fsp3) is 0.238. The third-order valence-corrected chi connectivity index (χ3v) is 4.23. The summed E-state index contributed by atoms with van der Waals surface area (Å²) in [5.41, 5.74) is 1.84. The van der Waals surface area contributed by atoms with E-state index in [1.807, 2.05) is 42.6 Å². The molecule has 0 spiro atoms. The number of ether oxygens (including phenoxy) is 2. The number of hydrogen-bond donors (Lipinski definition) is 1. The fourth-order valence-corrected chi connectivity index (χ4v) is 2.85. The Morgan fingerprint density at radius 1 is 1.19 bits per heavy atom. The molecule has 2 aromatic heterocycles. The van der Waals surface area contributed by atoms with Crippen LogP contribution in [0.1, 0.15) is 12.0 Å². The van der Waals surface area contributed by atoms with E-state index in [9.17, 15) is 4.79 Å². The number of nitrogens with one attached hydrogen (secondary N) is 1. The zero-order valence-electron chi connectivity index (χ0n) is 15.5. The van der Waals surface area contributed by atoms with Crippen molar-refractivity contribution >= 4 is 23.0 Å². The highest BCUT2D eigenvalue weighted by atomic mass is 16.5. The molecule has 0 bridgehead atoms. The SMILES string of the molecule is COc1ccc(/C=C/C(=O)NCCCn2ccc3cccnc32)cc1OC. The van der Waals surface area contributed by atoms with Crippen LogP contribution in [0.3, 0.4) is 0 Å².